The topological polar surface area (TPSA) is 63.2 Å². The van der Waals surface area contributed by atoms with Crippen LogP contribution in [0.1, 0.15) is 17.5 Å². The van der Waals surface area contributed by atoms with E-state index in [4.69, 9.17) is 0 Å². The lowest BCUT2D eigenvalue weighted by molar-refractivity contribution is 0.569. The molecule has 1 aromatic carbocycles. The molecule has 0 saturated carbocycles. The lowest BCUT2D eigenvalue weighted by Gasteiger charge is -2.30. The third kappa shape index (κ3) is 3.24. The molecule has 0 bridgehead atoms. The molecule has 3 rings (SSSR count). The van der Waals surface area contributed by atoms with Gasteiger partial charge in [0, 0.05) is 19.5 Å². The number of hydrogen-bond acceptors (Lipinski definition) is 6. The van der Waals surface area contributed by atoms with Crippen LogP contribution in [0.4, 0.5) is 5.13 Å². The van der Waals surface area contributed by atoms with Gasteiger partial charge in [0.2, 0.25) is 5.13 Å². The van der Waals surface area contributed by atoms with E-state index < -0.39 is 9.84 Å². The van der Waals surface area contributed by atoms with E-state index in [1.54, 1.807) is 18.3 Å². The van der Waals surface area contributed by atoms with Crippen LogP contribution in [0.2, 0.25) is 0 Å². The Balaban J connectivity index is 1.71. The van der Waals surface area contributed by atoms with Gasteiger partial charge in [0.25, 0.3) is 0 Å². The first-order chi connectivity index (χ1) is 10.0. The lowest BCUT2D eigenvalue weighted by atomic mass is 10.2. The van der Waals surface area contributed by atoms with Crippen molar-refractivity contribution in [3.05, 3.63) is 40.9 Å². The van der Waals surface area contributed by atoms with Crippen LogP contribution in [0.5, 0.6) is 0 Å². The van der Waals surface area contributed by atoms with E-state index in [0.29, 0.717) is 13.1 Å². The highest BCUT2D eigenvalue weighted by Crippen LogP contribution is 2.25. The van der Waals surface area contributed by atoms with E-state index >= 15 is 0 Å². The molecule has 0 radical (unpaired) electrons. The van der Waals surface area contributed by atoms with Crippen molar-refractivity contribution >= 4 is 26.3 Å². The van der Waals surface area contributed by atoms with Crippen molar-refractivity contribution in [3.63, 3.8) is 0 Å². The Morgan fingerprint density at radius 2 is 2.05 bits per heavy atom. The summed E-state index contributed by atoms with van der Waals surface area (Å²) in [6.45, 7) is 2.77. The molecule has 1 unspecified atom stereocenters. The number of hydrogen-bond donors (Lipinski definition) is 0. The van der Waals surface area contributed by atoms with Crippen LogP contribution in [0.3, 0.4) is 0 Å². The van der Waals surface area contributed by atoms with Crippen LogP contribution in [-0.2, 0) is 16.3 Å². The molecule has 1 fully saturated rings. The summed E-state index contributed by atoms with van der Waals surface area (Å²) in [7, 11) is -2.93. The van der Waals surface area contributed by atoms with Crippen molar-refractivity contribution in [2.24, 2.45) is 0 Å². The van der Waals surface area contributed by atoms with Crippen LogP contribution in [-0.4, -0.2) is 42.7 Å². The van der Waals surface area contributed by atoms with Gasteiger partial charge in [-0.05, 0) is 12.5 Å². The molecule has 0 spiro atoms. The Hall–Kier alpha value is -1.47. The fourth-order valence-corrected chi connectivity index (χ4v) is 4.53. The van der Waals surface area contributed by atoms with Crippen LogP contribution in [0, 0.1) is 0 Å². The quantitative estimate of drug-likeness (QED) is 0.861. The normalized spacial score (nSPS) is 21.4. The second-order valence-corrected chi connectivity index (χ2v) is 8.84. The average molecular weight is 323 g/mol. The molecule has 0 N–H and O–H groups in total. The number of rotatable bonds is 3. The standard InChI is InChI=1S/C14H17N3O2S2/c1-11-10-17(7-8-21(11,18)19)14-16-15-13(20-14)9-12-5-3-2-4-6-12/h2-6,11H,7-10H2,1H3. The molecule has 2 heterocycles. The van der Waals surface area contributed by atoms with E-state index in [1.165, 1.54) is 5.56 Å². The molecule has 1 aliphatic rings. The summed E-state index contributed by atoms with van der Waals surface area (Å²) >= 11 is 1.55. The van der Waals surface area contributed by atoms with Crippen LogP contribution in [0.25, 0.3) is 0 Å². The monoisotopic (exact) mass is 323 g/mol. The van der Waals surface area contributed by atoms with E-state index in [9.17, 15) is 8.42 Å². The number of benzene rings is 1. The SMILES string of the molecule is CC1CN(c2nnc(Cc3ccccc3)s2)CCS1(=O)=O. The summed E-state index contributed by atoms with van der Waals surface area (Å²) in [5.41, 5.74) is 1.20. The molecule has 0 aliphatic carbocycles. The lowest BCUT2D eigenvalue weighted by Crippen LogP contribution is -2.45. The Labute approximate surface area is 128 Å². The van der Waals surface area contributed by atoms with Gasteiger partial charge in [-0.3, -0.25) is 0 Å². The maximum absolute atomic E-state index is 11.7. The Morgan fingerprint density at radius 3 is 2.76 bits per heavy atom. The summed E-state index contributed by atoms with van der Waals surface area (Å²) in [4.78, 5) is 2.03. The van der Waals surface area contributed by atoms with Crippen molar-refractivity contribution < 1.29 is 8.42 Å². The molecule has 5 nitrogen and oxygen atoms in total. The summed E-state index contributed by atoms with van der Waals surface area (Å²) in [6, 6.07) is 10.1. The molecule has 2 aromatic rings. The minimum absolute atomic E-state index is 0.196. The first-order valence-corrected chi connectivity index (χ1v) is 9.40. The molecule has 1 atom stereocenters. The second kappa shape index (κ2) is 5.73. The van der Waals surface area contributed by atoms with E-state index in [-0.39, 0.29) is 11.0 Å². The summed E-state index contributed by atoms with van der Waals surface area (Å²) in [6.07, 6.45) is 0.764. The van der Waals surface area contributed by atoms with Crippen molar-refractivity contribution in [2.75, 3.05) is 23.7 Å². The minimum atomic E-state index is -2.93. The largest absolute Gasteiger partial charge is 0.344 e. The van der Waals surface area contributed by atoms with E-state index in [2.05, 4.69) is 22.3 Å². The molecule has 112 valence electrons. The molecule has 1 aromatic heterocycles. The number of anilines is 1. The Kier molecular flexibility index (Phi) is 3.95. The predicted molar refractivity (Wildman–Crippen MR) is 84.6 cm³/mol. The van der Waals surface area contributed by atoms with Crippen molar-refractivity contribution in [3.8, 4) is 0 Å². The van der Waals surface area contributed by atoms with Gasteiger partial charge in [0.15, 0.2) is 9.84 Å². The predicted octanol–water partition coefficient (Wildman–Crippen LogP) is 1.75. The molecule has 1 aliphatic heterocycles. The van der Waals surface area contributed by atoms with Gasteiger partial charge in [-0.1, -0.05) is 41.7 Å². The zero-order chi connectivity index (χ0) is 14.9. The molecule has 7 heteroatoms. The maximum Gasteiger partial charge on any atom is 0.208 e. The number of sulfone groups is 1. The third-order valence-electron chi connectivity index (χ3n) is 3.66. The van der Waals surface area contributed by atoms with E-state index in [0.717, 1.165) is 16.6 Å². The molecular formula is C14H17N3O2S2. The molecular weight excluding hydrogens is 306 g/mol. The smallest absolute Gasteiger partial charge is 0.208 e. The molecule has 21 heavy (non-hydrogen) atoms. The fourth-order valence-electron chi connectivity index (χ4n) is 2.34. The zero-order valence-corrected chi connectivity index (χ0v) is 13.4. The van der Waals surface area contributed by atoms with Crippen molar-refractivity contribution in [2.45, 2.75) is 18.6 Å². The third-order valence-corrected chi connectivity index (χ3v) is 6.77. The van der Waals surface area contributed by atoms with Crippen molar-refractivity contribution in [1.82, 2.24) is 10.2 Å². The van der Waals surface area contributed by atoms with Gasteiger partial charge in [-0.25, -0.2) is 8.42 Å². The highest BCUT2D eigenvalue weighted by atomic mass is 32.2. The van der Waals surface area contributed by atoms with Crippen LogP contribution in [0.15, 0.2) is 30.3 Å². The van der Waals surface area contributed by atoms with E-state index in [1.807, 2.05) is 23.1 Å². The van der Waals surface area contributed by atoms with Gasteiger partial charge in [-0.15, -0.1) is 10.2 Å². The minimum Gasteiger partial charge on any atom is -0.344 e. The van der Waals surface area contributed by atoms with Gasteiger partial charge >= 0.3 is 0 Å². The summed E-state index contributed by atoms with van der Waals surface area (Å²) < 4.78 is 23.5. The average Bonchev–Trinajstić information content (AvgIpc) is 2.91. The zero-order valence-electron chi connectivity index (χ0n) is 11.8. The second-order valence-electron chi connectivity index (χ2n) is 5.26. The first-order valence-electron chi connectivity index (χ1n) is 6.87. The Bertz CT molecular complexity index is 713. The highest BCUT2D eigenvalue weighted by molar-refractivity contribution is 7.92. The van der Waals surface area contributed by atoms with Crippen molar-refractivity contribution in [1.29, 1.82) is 0 Å². The molecule has 1 saturated heterocycles. The number of aromatic nitrogens is 2. The molecule has 0 amide bonds. The first kappa shape index (κ1) is 14.5. The van der Waals surface area contributed by atoms with Gasteiger partial charge < -0.3 is 4.90 Å². The van der Waals surface area contributed by atoms with Gasteiger partial charge in [0.1, 0.15) is 5.01 Å². The highest BCUT2D eigenvalue weighted by Gasteiger charge is 2.30. The van der Waals surface area contributed by atoms with Gasteiger partial charge in [-0.2, -0.15) is 0 Å². The Morgan fingerprint density at radius 1 is 1.29 bits per heavy atom. The van der Waals surface area contributed by atoms with Crippen LogP contribution < -0.4 is 4.90 Å². The summed E-state index contributed by atoms with van der Waals surface area (Å²) in [5.74, 6) is 0.196. The summed E-state index contributed by atoms with van der Waals surface area (Å²) in [5, 5.41) is 9.88. The van der Waals surface area contributed by atoms with Crippen LogP contribution >= 0.6 is 11.3 Å². The number of nitrogens with zero attached hydrogens (tertiary/aromatic N) is 3. The van der Waals surface area contributed by atoms with Gasteiger partial charge in [0.05, 0.1) is 11.0 Å². The fraction of sp³-hybridized carbons (Fsp3) is 0.429. The maximum atomic E-state index is 11.7.